The van der Waals surface area contributed by atoms with E-state index < -0.39 is 0 Å². The summed E-state index contributed by atoms with van der Waals surface area (Å²) in [6.07, 6.45) is 7.02. The van der Waals surface area contributed by atoms with Crippen LogP contribution in [-0.2, 0) is 13.2 Å². The van der Waals surface area contributed by atoms with Crippen molar-refractivity contribution in [3.8, 4) is 5.75 Å². The van der Waals surface area contributed by atoms with Crippen LogP contribution in [0.2, 0.25) is 5.02 Å². The monoisotopic (exact) mass is 406 g/mol. The number of allylic oxidation sites excluding steroid dienone is 1. The third kappa shape index (κ3) is 5.74. The zero-order valence-electron chi connectivity index (χ0n) is 15.8. The number of likely N-dealkylation sites (tertiary alicyclic amines) is 1. The maximum absolute atomic E-state index is 5.91. The molecule has 0 aliphatic carbocycles. The molecule has 1 aliphatic rings. The lowest BCUT2D eigenvalue weighted by Crippen LogP contribution is -2.36. The summed E-state index contributed by atoms with van der Waals surface area (Å²) < 4.78 is 7.91. The standard InChI is InChI=1S/C20H27ClN4OS/c1-3-12-25-19(15-26-18-9-7-16(21)8-10-18)22-23-20(25)27-14-11-17-6-4-5-13-24(17)2/h3,7-10,17H,1,4-6,11-15H2,2H3. The van der Waals surface area contributed by atoms with Gasteiger partial charge in [-0.3, -0.25) is 4.57 Å². The van der Waals surface area contributed by atoms with Gasteiger partial charge < -0.3 is 9.64 Å². The molecule has 1 fully saturated rings. The van der Waals surface area contributed by atoms with Crippen molar-refractivity contribution >= 4 is 23.4 Å². The molecule has 3 rings (SSSR count). The lowest BCUT2D eigenvalue weighted by atomic mass is 10.0. The third-order valence-electron chi connectivity index (χ3n) is 4.89. The van der Waals surface area contributed by atoms with Crippen molar-refractivity contribution in [2.45, 2.75) is 50.0 Å². The van der Waals surface area contributed by atoms with Crippen LogP contribution in [0.1, 0.15) is 31.5 Å². The number of hydrogen-bond donors (Lipinski definition) is 0. The molecule has 1 aromatic heterocycles. The van der Waals surface area contributed by atoms with Crippen LogP contribution in [0.25, 0.3) is 0 Å². The highest BCUT2D eigenvalue weighted by Crippen LogP contribution is 2.24. The largest absolute Gasteiger partial charge is 0.486 e. The summed E-state index contributed by atoms with van der Waals surface area (Å²) >= 11 is 7.68. The second-order valence-corrected chi connectivity index (χ2v) is 8.31. The van der Waals surface area contributed by atoms with Gasteiger partial charge in [-0.1, -0.05) is 35.9 Å². The zero-order valence-corrected chi connectivity index (χ0v) is 17.4. The second kappa shape index (κ2) is 10.2. The van der Waals surface area contributed by atoms with Crippen molar-refractivity contribution < 1.29 is 4.74 Å². The highest BCUT2D eigenvalue weighted by Gasteiger charge is 2.19. The number of ether oxygens (including phenoxy) is 1. The van der Waals surface area contributed by atoms with Gasteiger partial charge in [-0.2, -0.15) is 0 Å². The number of rotatable bonds is 9. The quantitative estimate of drug-likeness (QED) is 0.447. The molecular weight excluding hydrogens is 380 g/mol. The van der Waals surface area contributed by atoms with E-state index in [0.717, 1.165) is 22.5 Å². The Labute approximate surface area is 170 Å². The van der Waals surface area contributed by atoms with Crippen molar-refractivity contribution in [1.82, 2.24) is 19.7 Å². The van der Waals surface area contributed by atoms with Gasteiger partial charge in [0.1, 0.15) is 12.4 Å². The summed E-state index contributed by atoms with van der Waals surface area (Å²) in [4.78, 5) is 2.49. The molecule has 1 aromatic carbocycles. The maximum atomic E-state index is 5.91. The van der Waals surface area contributed by atoms with E-state index in [-0.39, 0.29) is 0 Å². The number of piperidine rings is 1. The molecule has 146 valence electrons. The van der Waals surface area contributed by atoms with E-state index in [1.807, 2.05) is 30.3 Å². The Kier molecular flexibility index (Phi) is 7.61. The summed E-state index contributed by atoms with van der Waals surface area (Å²) in [5.74, 6) is 2.62. The topological polar surface area (TPSA) is 43.2 Å². The molecule has 0 spiro atoms. The van der Waals surface area contributed by atoms with Crippen molar-refractivity contribution in [3.05, 3.63) is 47.8 Å². The summed E-state index contributed by atoms with van der Waals surface area (Å²) in [5, 5.41) is 10.3. The summed E-state index contributed by atoms with van der Waals surface area (Å²) in [7, 11) is 2.24. The van der Waals surface area contributed by atoms with Crippen LogP contribution in [0.4, 0.5) is 0 Å². The molecule has 1 aliphatic heterocycles. The minimum Gasteiger partial charge on any atom is -0.486 e. The Morgan fingerprint density at radius 2 is 2.11 bits per heavy atom. The molecule has 2 heterocycles. The average molecular weight is 407 g/mol. The molecule has 1 atom stereocenters. The maximum Gasteiger partial charge on any atom is 0.191 e. The summed E-state index contributed by atoms with van der Waals surface area (Å²) in [6, 6.07) is 8.03. The van der Waals surface area contributed by atoms with Gasteiger partial charge in [0.15, 0.2) is 11.0 Å². The van der Waals surface area contributed by atoms with Gasteiger partial charge in [0.2, 0.25) is 0 Å². The number of benzene rings is 1. The Morgan fingerprint density at radius 3 is 2.85 bits per heavy atom. The minimum absolute atomic E-state index is 0.369. The van der Waals surface area contributed by atoms with Crippen molar-refractivity contribution in [2.75, 3.05) is 19.3 Å². The average Bonchev–Trinajstić information content (AvgIpc) is 3.05. The molecule has 2 aromatic rings. The lowest BCUT2D eigenvalue weighted by Gasteiger charge is -2.32. The molecule has 5 nitrogen and oxygen atoms in total. The van der Waals surface area contributed by atoms with Crippen molar-refractivity contribution in [3.63, 3.8) is 0 Å². The van der Waals surface area contributed by atoms with Gasteiger partial charge in [-0.15, -0.1) is 16.8 Å². The number of aromatic nitrogens is 3. The minimum atomic E-state index is 0.369. The second-order valence-electron chi connectivity index (χ2n) is 6.81. The molecule has 0 saturated carbocycles. The third-order valence-corrected chi connectivity index (χ3v) is 6.14. The van der Waals surface area contributed by atoms with Crippen LogP contribution < -0.4 is 4.74 Å². The molecule has 1 unspecified atom stereocenters. The molecule has 0 radical (unpaired) electrons. The molecule has 0 N–H and O–H groups in total. The van der Waals surface area contributed by atoms with Gasteiger partial charge in [0.25, 0.3) is 0 Å². The van der Waals surface area contributed by atoms with Crippen molar-refractivity contribution in [2.24, 2.45) is 0 Å². The van der Waals surface area contributed by atoms with Gasteiger partial charge >= 0.3 is 0 Å². The number of hydrogen-bond acceptors (Lipinski definition) is 5. The first-order valence-corrected chi connectivity index (χ1v) is 10.8. The van der Waals surface area contributed by atoms with Gasteiger partial charge in [0.05, 0.1) is 0 Å². The van der Waals surface area contributed by atoms with Crippen molar-refractivity contribution in [1.29, 1.82) is 0 Å². The van der Waals surface area contributed by atoms with E-state index in [2.05, 4.69) is 33.3 Å². The number of thioether (sulfide) groups is 1. The SMILES string of the molecule is C=CCn1c(COc2ccc(Cl)cc2)nnc1SCCC1CCCCN1C. The number of halogens is 1. The summed E-state index contributed by atoms with van der Waals surface area (Å²) in [5.41, 5.74) is 0. The van der Waals surface area contributed by atoms with E-state index in [1.165, 1.54) is 32.2 Å². The van der Waals surface area contributed by atoms with Crippen LogP contribution in [-0.4, -0.2) is 45.1 Å². The normalized spacial score (nSPS) is 17.8. The Balaban J connectivity index is 1.57. The smallest absolute Gasteiger partial charge is 0.191 e. The fraction of sp³-hybridized carbons (Fsp3) is 0.500. The van der Waals surface area contributed by atoms with Gasteiger partial charge in [-0.05, 0) is 57.1 Å². The first-order chi connectivity index (χ1) is 13.2. The van der Waals surface area contributed by atoms with Crippen LogP contribution >= 0.6 is 23.4 Å². The highest BCUT2D eigenvalue weighted by atomic mass is 35.5. The lowest BCUT2D eigenvalue weighted by molar-refractivity contribution is 0.182. The van der Waals surface area contributed by atoms with E-state index in [1.54, 1.807) is 11.8 Å². The van der Waals surface area contributed by atoms with Crippen LogP contribution in [0, 0.1) is 0 Å². The van der Waals surface area contributed by atoms with E-state index in [0.29, 0.717) is 24.2 Å². The number of nitrogens with zero attached hydrogens (tertiary/aromatic N) is 4. The fourth-order valence-corrected chi connectivity index (χ4v) is 4.45. The Morgan fingerprint density at radius 1 is 1.30 bits per heavy atom. The molecule has 1 saturated heterocycles. The highest BCUT2D eigenvalue weighted by molar-refractivity contribution is 7.99. The molecule has 0 bridgehead atoms. The summed E-state index contributed by atoms with van der Waals surface area (Å²) in [6.45, 7) is 6.13. The van der Waals surface area contributed by atoms with Crippen LogP contribution in [0.15, 0.2) is 42.1 Å². The van der Waals surface area contributed by atoms with E-state index in [9.17, 15) is 0 Å². The van der Waals surface area contributed by atoms with Gasteiger partial charge in [0, 0.05) is 23.4 Å². The fourth-order valence-electron chi connectivity index (χ4n) is 3.32. The Bertz CT molecular complexity index is 734. The first kappa shape index (κ1) is 20.2. The molecular formula is C20H27ClN4OS. The predicted octanol–water partition coefficient (Wildman–Crippen LogP) is 4.66. The predicted molar refractivity (Wildman–Crippen MR) is 112 cm³/mol. The molecule has 7 heteroatoms. The first-order valence-electron chi connectivity index (χ1n) is 9.41. The van der Waals surface area contributed by atoms with Gasteiger partial charge in [-0.25, -0.2) is 0 Å². The van der Waals surface area contributed by atoms with Crippen LogP contribution in [0.5, 0.6) is 5.75 Å². The molecule has 27 heavy (non-hydrogen) atoms. The van der Waals surface area contributed by atoms with E-state index in [4.69, 9.17) is 16.3 Å². The Hall–Kier alpha value is -1.50. The zero-order chi connectivity index (χ0) is 19.1. The van der Waals surface area contributed by atoms with E-state index >= 15 is 0 Å². The van der Waals surface area contributed by atoms with Crippen LogP contribution in [0.3, 0.4) is 0 Å². The molecule has 0 amide bonds.